The maximum Gasteiger partial charge on any atom is 0.261 e. The summed E-state index contributed by atoms with van der Waals surface area (Å²) in [4.78, 5) is 33.6. The van der Waals surface area contributed by atoms with Gasteiger partial charge in [0.2, 0.25) is 0 Å². The fourth-order valence-corrected chi connectivity index (χ4v) is 4.17. The lowest BCUT2D eigenvalue weighted by Crippen LogP contribution is -2.39. The molecule has 0 aliphatic carbocycles. The first-order valence-corrected chi connectivity index (χ1v) is 11.9. The highest BCUT2D eigenvalue weighted by Crippen LogP contribution is 2.27. The van der Waals surface area contributed by atoms with Gasteiger partial charge in [-0.3, -0.25) is 14.2 Å². The van der Waals surface area contributed by atoms with Crippen LogP contribution in [0.3, 0.4) is 0 Å². The van der Waals surface area contributed by atoms with Crippen LogP contribution in [-0.2, 0) is 6.54 Å². The number of aromatic nitrogens is 2. The van der Waals surface area contributed by atoms with E-state index < -0.39 is 0 Å². The average molecular weight is 484 g/mol. The van der Waals surface area contributed by atoms with Crippen molar-refractivity contribution in [3.8, 4) is 0 Å². The van der Waals surface area contributed by atoms with Crippen molar-refractivity contribution in [3.63, 3.8) is 0 Å². The molecule has 1 atom stereocenters. The Balaban J connectivity index is 2.14. The van der Waals surface area contributed by atoms with Gasteiger partial charge in [-0.15, -0.1) is 0 Å². The second-order valence-corrected chi connectivity index (χ2v) is 8.64. The van der Waals surface area contributed by atoms with Gasteiger partial charge in [-0.25, -0.2) is 4.98 Å². The van der Waals surface area contributed by atoms with Crippen LogP contribution in [-0.4, -0.2) is 26.9 Å². The molecular formula is C25H30BrN3O2. The first-order valence-electron chi connectivity index (χ1n) is 11.1. The molecule has 0 spiro atoms. The second kappa shape index (κ2) is 10.7. The molecule has 1 aromatic heterocycles. The Labute approximate surface area is 192 Å². The summed E-state index contributed by atoms with van der Waals surface area (Å²) in [5.74, 6) is 0.646. The quantitative estimate of drug-likeness (QED) is 0.377. The average Bonchev–Trinajstić information content (AvgIpc) is 2.79. The third-order valence-electron chi connectivity index (χ3n) is 5.50. The van der Waals surface area contributed by atoms with Crippen LogP contribution in [0.25, 0.3) is 10.9 Å². The molecule has 0 aliphatic rings. The third kappa shape index (κ3) is 5.06. The molecule has 0 fully saturated rings. The summed E-state index contributed by atoms with van der Waals surface area (Å²) in [6, 6.07) is 14.6. The van der Waals surface area contributed by atoms with Gasteiger partial charge >= 0.3 is 0 Å². The minimum Gasteiger partial charge on any atom is -0.328 e. The molecule has 3 rings (SSSR count). The molecule has 0 saturated heterocycles. The van der Waals surface area contributed by atoms with Crippen LogP contribution in [0.4, 0.5) is 0 Å². The van der Waals surface area contributed by atoms with Crippen molar-refractivity contribution in [3.05, 3.63) is 74.7 Å². The molecular weight excluding hydrogens is 454 g/mol. The predicted octanol–water partition coefficient (Wildman–Crippen LogP) is 5.96. The lowest BCUT2D eigenvalue weighted by atomic mass is 10.1. The monoisotopic (exact) mass is 483 g/mol. The maximum atomic E-state index is 13.5. The number of para-hydroxylation sites is 1. The van der Waals surface area contributed by atoms with E-state index in [2.05, 4.69) is 29.8 Å². The van der Waals surface area contributed by atoms with Gasteiger partial charge in [-0.2, -0.15) is 0 Å². The number of carbonyl (C=O) groups excluding carboxylic acids is 1. The zero-order chi connectivity index (χ0) is 22.4. The third-order valence-corrected chi connectivity index (χ3v) is 6.03. The Morgan fingerprint density at radius 2 is 1.77 bits per heavy atom. The van der Waals surface area contributed by atoms with E-state index in [1.165, 1.54) is 0 Å². The SMILES string of the molecule is CCCCN(C(=O)c1ccc(Br)cc1)C(CC)c1nc2ccccc2c(=O)n1CCC. The number of fused-ring (bicyclic) bond motifs is 1. The van der Waals surface area contributed by atoms with E-state index >= 15 is 0 Å². The number of hydrogen-bond donors (Lipinski definition) is 0. The van der Waals surface area contributed by atoms with Gasteiger partial charge < -0.3 is 4.90 Å². The van der Waals surface area contributed by atoms with Crippen molar-refractivity contribution in [2.24, 2.45) is 0 Å². The molecule has 164 valence electrons. The van der Waals surface area contributed by atoms with Crippen molar-refractivity contribution >= 4 is 32.7 Å². The van der Waals surface area contributed by atoms with Crippen LogP contribution in [0.15, 0.2) is 57.8 Å². The first-order chi connectivity index (χ1) is 15.0. The zero-order valence-electron chi connectivity index (χ0n) is 18.5. The summed E-state index contributed by atoms with van der Waals surface area (Å²) in [7, 11) is 0. The first kappa shape index (κ1) is 23.2. The van der Waals surface area contributed by atoms with Crippen LogP contribution >= 0.6 is 15.9 Å². The number of rotatable bonds is 9. The molecule has 0 aliphatic heterocycles. The zero-order valence-corrected chi connectivity index (χ0v) is 20.1. The summed E-state index contributed by atoms with van der Waals surface area (Å²) < 4.78 is 2.70. The maximum absolute atomic E-state index is 13.5. The van der Waals surface area contributed by atoms with E-state index in [4.69, 9.17) is 4.98 Å². The largest absolute Gasteiger partial charge is 0.328 e. The Morgan fingerprint density at radius 3 is 2.42 bits per heavy atom. The predicted molar refractivity (Wildman–Crippen MR) is 129 cm³/mol. The molecule has 1 amide bonds. The van der Waals surface area contributed by atoms with Crippen LogP contribution in [0.5, 0.6) is 0 Å². The topological polar surface area (TPSA) is 55.2 Å². The Kier molecular flexibility index (Phi) is 8.02. The normalized spacial score (nSPS) is 12.1. The van der Waals surface area contributed by atoms with Gasteiger partial charge in [0.25, 0.3) is 11.5 Å². The van der Waals surface area contributed by atoms with Crippen molar-refractivity contribution in [2.75, 3.05) is 6.54 Å². The van der Waals surface area contributed by atoms with E-state index in [-0.39, 0.29) is 17.5 Å². The van der Waals surface area contributed by atoms with Crippen molar-refractivity contribution in [1.29, 1.82) is 0 Å². The van der Waals surface area contributed by atoms with Crippen LogP contribution in [0, 0.1) is 0 Å². The highest BCUT2D eigenvalue weighted by molar-refractivity contribution is 9.10. The molecule has 3 aromatic rings. The number of halogens is 1. The molecule has 5 nitrogen and oxygen atoms in total. The minimum absolute atomic E-state index is 0.0294. The highest BCUT2D eigenvalue weighted by Gasteiger charge is 2.28. The Bertz CT molecular complexity index is 1090. The molecule has 0 radical (unpaired) electrons. The van der Waals surface area contributed by atoms with Crippen molar-refractivity contribution < 1.29 is 4.79 Å². The Hall–Kier alpha value is -2.47. The number of carbonyl (C=O) groups is 1. The number of unbranched alkanes of at least 4 members (excludes halogenated alkanes) is 1. The number of amides is 1. The summed E-state index contributed by atoms with van der Waals surface area (Å²) in [5, 5.41) is 0.619. The Morgan fingerprint density at radius 1 is 1.06 bits per heavy atom. The van der Waals surface area contributed by atoms with Gasteiger partial charge in [-0.05, 0) is 55.7 Å². The van der Waals surface area contributed by atoms with Crippen LogP contribution in [0.2, 0.25) is 0 Å². The molecule has 6 heteroatoms. The van der Waals surface area contributed by atoms with Crippen LogP contribution in [0.1, 0.15) is 68.7 Å². The molecule has 1 heterocycles. The molecule has 0 N–H and O–H groups in total. The molecule has 0 saturated carbocycles. The number of hydrogen-bond acceptors (Lipinski definition) is 3. The van der Waals surface area contributed by atoms with E-state index in [0.717, 1.165) is 23.7 Å². The molecule has 2 aromatic carbocycles. The molecule has 1 unspecified atom stereocenters. The minimum atomic E-state index is -0.272. The van der Waals surface area contributed by atoms with Gasteiger partial charge in [0.15, 0.2) is 0 Å². The number of nitrogens with zero attached hydrogens (tertiary/aromatic N) is 3. The van der Waals surface area contributed by atoms with Crippen LogP contribution < -0.4 is 5.56 Å². The van der Waals surface area contributed by atoms with Gasteiger partial charge in [0.05, 0.1) is 16.9 Å². The fraction of sp³-hybridized carbons (Fsp3) is 0.400. The smallest absolute Gasteiger partial charge is 0.261 e. The van der Waals surface area contributed by atoms with E-state index in [0.29, 0.717) is 41.8 Å². The van der Waals surface area contributed by atoms with Crippen molar-refractivity contribution in [2.45, 2.75) is 59.0 Å². The number of benzene rings is 2. The lowest BCUT2D eigenvalue weighted by Gasteiger charge is -2.32. The summed E-state index contributed by atoms with van der Waals surface area (Å²) in [5.41, 5.74) is 1.29. The summed E-state index contributed by atoms with van der Waals surface area (Å²) >= 11 is 3.44. The van der Waals surface area contributed by atoms with Crippen molar-refractivity contribution in [1.82, 2.24) is 14.5 Å². The van der Waals surface area contributed by atoms with E-state index in [1.807, 2.05) is 60.4 Å². The summed E-state index contributed by atoms with van der Waals surface area (Å²) in [6.45, 7) is 7.42. The van der Waals surface area contributed by atoms with Gasteiger partial charge in [-0.1, -0.05) is 55.3 Å². The highest BCUT2D eigenvalue weighted by atomic mass is 79.9. The molecule has 31 heavy (non-hydrogen) atoms. The standard InChI is InChI=1S/C25H30BrN3O2/c1-4-7-17-28(24(30)18-12-14-19(26)15-13-18)22(6-3)23-27-21-11-9-8-10-20(21)25(31)29(23)16-5-2/h8-15,22H,4-7,16-17H2,1-3H3. The van der Waals surface area contributed by atoms with Gasteiger partial charge in [0, 0.05) is 23.1 Å². The van der Waals surface area contributed by atoms with E-state index in [1.54, 1.807) is 4.57 Å². The van der Waals surface area contributed by atoms with Gasteiger partial charge in [0.1, 0.15) is 5.82 Å². The summed E-state index contributed by atoms with van der Waals surface area (Å²) in [6.07, 6.45) is 3.37. The fourth-order valence-electron chi connectivity index (χ4n) is 3.91. The lowest BCUT2D eigenvalue weighted by molar-refractivity contribution is 0.0653. The molecule has 0 bridgehead atoms. The second-order valence-electron chi connectivity index (χ2n) is 7.73. The van der Waals surface area contributed by atoms with E-state index in [9.17, 15) is 9.59 Å².